The van der Waals surface area contributed by atoms with Gasteiger partial charge in [0, 0.05) is 12.1 Å². The molecule has 0 saturated carbocycles. The third-order valence-corrected chi connectivity index (χ3v) is 1.41. The van der Waals surface area contributed by atoms with Crippen molar-refractivity contribution in [3.8, 4) is 0 Å². The van der Waals surface area contributed by atoms with Crippen molar-refractivity contribution in [2.75, 3.05) is 12.1 Å². The van der Waals surface area contributed by atoms with E-state index in [0.29, 0.717) is 12.3 Å². The molecule has 0 radical (unpaired) electrons. The van der Waals surface area contributed by atoms with Crippen LogP contribution in [0.3, 0.4) is 0 Å². The van der Waals surface area contributed by atoms with Crippen LogP contribution < -0.4 is 5.48 Å². The maximum Gasteiger partial charge on any atom is 0.269 e. The van der Waals surface area contributed by atoms with E-state index in [1.807, 2.05) is 6.92 Å². The Bertz CT molecular complexity index is 284. The molecular weight excluding hydrogens is 172 g/mol. The molecule has 13 heavy (non-hydrogen) atoms. The van der Waals surface area contributed by atoms with Crippen LogP contribution in [0, 0.1) is 10.1 Å². The van der Waals surface area contributed by atoms with Gasteiger partial charge in [0.1, 0.15) is 0 Å². The summed E-state index contributed by atoms with van der Waals surface area (Å²) >= 11 is 0. The lowest BCUT2D eigenvalue weighted by Gasteiger charge is -2.03. The standard InChI is InChI=1S/C8H10N2O3/c1-2-13-9-7-3-5-8(6-4-7)10(11)12/h3-6,9H,2H2,1H3. The summed E-state index contributed by atoms with van der Waals surface area (Å²) < 4.78 is 0. The smallest absolute Gasteiger partial charge is 0.269 e. The third-order valence-electron chi connectivity index (χ3n) is 1.41. The molecule has 0 aliphatic rings. The van der Waals surface area contributed by atoms with Gasteiger partial charge in [-0.1, -0.05) is 0 Å². The predicted octanol–water partition coefficient (Wildman–Crippen LogP) is 1.96. The van der Waals surface area contributed by atoms with Crippen molar-refractivity contribution < 1.29 is 9.76 Å². The number of nitrogens with one attached hydrogen (secondary N) is 1. The van der Waals surface area contributed by atoms with E-state index in [4.69, 9.17) is 4.84 Å². The van der Waals surface area contributed by atoms with E-state index in [0.717, 1.165) is 0 Å². The quantitative estimate of drug-likeness (QED) is 0.571. The average molecular weight is 182 g/mol. The van der Waals surface area contributed by atoms with Crippen LogP contribution in [0.15, 0.2) is 24.3 Å². The molecule has 0 aliphatic heterocycles. The van der Waals surface area contributed by atoms with Crippen LogP contribution in [-0.4, -0.2) is 11.5 Å². The van der Waals surface area contributed by atoms with Gasteiger partial charge in [-0.2, -0.15) is 0 Å². The van der Waals surface area contributed by atoms with Crippen LogP contribution in [0.2, 0.25) is 0 Å². The Morgan fingerprint density at radius 3 is 2.54 bits per heavy atom. The summed E-state index contributed by atoms with van der Waals surface area (Å²) in [6.45, 7) is 2.38. The third kappa shape index (κ3) is 2.72. The molecular formula is C8H10N2O3. The molecule has 1 aromatic rings. The Morgan fingerprint density at radius 1 is 1.46 bits per heavy atom. The van der Waals surface area contributed by atoms with Gasteiger partial charge >= 0.3 is 0 Å². The Morgan fingerprint density at radius 2 is 2.08 bits per heavy atom. The summed E-state index contributed by atoms with van der Waals surface area (Å²) in [5, 5.41) is 10.3. The first-order valence-electron chi connectivity index (χ1n) is 3.86. The van der Waals surface area contributed by atoms with Gasteiger partial charge in [0.25, 0.3) is 5.69 Å². The number of hydrogen-bond acceptors (Lipinski definition) is 4. The first kappa shape index (κ1) is 9.47. The fourth-order valence-electron chi connectivity index (χ4n) is 0.807. The molecule has 5 heteroatoms. The Kier molecular flexibility index (Phi) is 3.22. The molecule has 0 fully saturated rings. The summed E-state index contributed by atoms with van der Waals surface area (Å²) in [6, 6.07) is 6.02. The second-order valence-corrected chi connectivity index (χ2v) is 2.34. The summed E-state index contributed by atoms with van der Waals surface area (Å²) in [5.74, 6) is 0. The van der Waals surface area contributed by atoms with Gasteiger partial charge < -0.3 is 0 Å². The minimum absolute atomic E-state index is 0.0713. The van der Waals surface area contributed by atoms with Crippen molar-refractivity contribution in [3.63, 3.8) is 0 Å². The van der Waals surface area contributed by atoms with Crippen LogP contribution in [0.5, 0.6) is 0 Å². The van der Waals surface area contributed by atoms with Crippen LogP contribution in [0.4, 0.5) is 11.4 Å². The van der Waals surface area contributed by atoms with Gasteiger partial charge in [-0.3, -0.25) is 20.4 Å². The van der Waals surface area contributed by atoms with Crippen LogP contribution in [0.25, 0.3) is 0 Å². The molecule has 0 spiro atoms. The van der Waals surface area contributed by atoms with Gasteiger partial charge in [0.2, 0.25) is 0 Å². The number of nitro benzene ring substituents is 1. The van der Waals surface area contributed by atoms with Crippen LogP contribution >= 0.6 is 0 Å². The molecule has 1 rings (SSSR count). The lowest BCUT2D eigenvalue weighted by Crippen LogP contribution is -1.99. The van der Waals surface area contributed by atoms with Crippen molar-refractivity contribution in [1.82, 2.24) is 0 Å². The number of rotatable bonds is 4. The van der Waals surface area contributed by atoms with Crippen molar-refractivity contribution in [3.05, 3.63) is 34.4 Å². The molecule has 0 atom stereocenters. The normalized spacial score (nSPS) is 9.62. The molecule has 0 aromatic heterocycles. The molecule has 0 heterocycles. The van der Waals surface area contributed by atoms with Gasteiger partial charge in [-0.05, 0) is 19.1 Å². The van der Waals surface area contributed by atoms with E-state index in [9.17, 15) is 10.1 Å². The molecule has 1 N–H and O–H groups in total. The molecule has 70 valence electrons. The lowest BCUT2D eigenvalue weighted by atomic mass is 10.3. The number of non-ortho nitro benzene ring substituents is 1. The van der Waals surface area contributed by atoms with E-state index in [1.54, 1.807) is 12.1 Å². The molecule has 0 unspecified atom stereocenters. The van der Waals surface area contributed by atoms with Crippen molar-refractivity contribution in [1.29, 1.82) is 0 Å². The number of benzene rings is 1. The molecule has 0 aliphatic carbocycles. The van der Waals surface area contributed by atoms with Crippen molar-refractivity contribution in [2.45, 2.75) is 6.92 Å². The predicted molar refractivity (Wildman–Crippen MR) is 48.3 cm³/mol. The monoisotopic (exact) mass is 182 g/mol. The topological polar surface area (TPSA) is 64.4 Å². The first-order chi connectivity index (χ1) is 6.24. The second-order valence-electron chi connectivity index (χ2n) is 2.34. The molecule has 0 bridgehead atoms. The van der Waals surface area contributed by atoms with Gasteiger partial charge in [0.15, 0.2) is 0 Å². The summed E-state index contributed by atoms with van der Waals surface area (Å²) in [7, 11) is 0. The summed E-state index contributed by atoms with van der Waals surface area (Å²) in [5.41, 5.74) is 3.41. The average Bonchev–Trinajstić information content (AvgIpc) is 2.15. The maximum absolute atomic E-state index is 10.3. The highest BCUT2D eigenvalue weighted by Crippen LogP contribution is 2.14. The molecule has 0 amide bonds. The van der Waals surface area contributed by atoms with Crippen molar-refractivity contribution >= 4 is 11.4 Å². The number of nitrogens with zero attached hydrogens (tertiary/aromatic N) is 1. The zero-order valence-electron chi connectivity index (χ0n) is 7.19. The van der Waals surface area contributed by atoms with Gasteiger partial charge in [-0.25, -0.2) is 0 Å². The van der Waals surface area contributed by atoms with Crippen LogP contribution in [0.1, 0.15) is 6.92 Å². The highest BCUT2D eigenvalue weighted by atomic mass is 16.6. The Balaban J connectivity index is 2.64. The first-order valence-corrected chi connectivity index (χ1v) is 3.86. The maximum atomic E-state index is 10.3. The van der Waals surface area contributed by atoms with Gasteiger partial charge in [-0.15, -0.1) is 0 Å². The molecule has 1 aromatic carbocycles. The highest BCUT2D eigenvalue weighted by molar-refractivity contribution is 5.46. The van der Waals surface area contributed by atoms with Crippen molar-refractivity contribution in [2.24, 2.45) is 0 Å². The Hall–Kier alpha value is -1.62. The SMILES string of the molecule is CCONc1ccc([N+](=O)[O-])cc1. The minimum Gasteiger partial charge on any atom is -0.276 e. The van der Waals surface area contributed by atoms with Crippen LogP contribution in [-0.2, 0) is 4.84 Å². The zero-order valence-corrected chi connectivity index (χ0v) is 7.19. The lowest BCUT2D eigenvalue weighted by molar-refractivity contribution is -0.384. The Labute approximate surface area is 75.4 Å². The number of anilines is 1. The number of hydrogen-bond donors (Lipinski definition) is 1. The second kappa shape index (κ2) is 4.42. The van der Waals surface area contributed by atoms with Gasteiger partial charge in [0.05, 0.1) is 17.2 Å². The largest absolute Gasteiger partial charge is 0.276 e. The minimum atomic E-state index is -0.440. The summed E-state index contributed by atoms with van der Waals surface area (Å²) in [6.07, 6.45) is 0. The number of nitro groups is 1. The fraction of sp³-hybridized carbons (Fsp3) is 0.250. The van der Waals surface area contributed by atoms with E-state index < -0.39 is 4.92 Å². The highest BCUT2D eigenvalue weighted by Gasteiger charge is 2.02. The molecule has 5 nitrogen and oxygen atoms in total. The van der Waals surface area contributed by atoms with E-state index in [-0.39, 0.29) is 5.69 Å². The molecule has 0 saturated heterocycles. The van der Waals surface area contributed by atoms with E-state index in [1.165, 1.54) is 12.1 Å². The summed E-state index contributed by atoms with van der Waals surface area (Å²) in [4.78, 5) is 14.7. The van der Waals surface area contributed by atoms with E-state index in [2.05, 4.69) is 5.48 Å². The fourth-order valence-corrected chi connectivity index (χ4v) is 0.807. The zero-order chi connectivity index (χ0) is 9.68. The van der Waals surface area contributed by atoms with E-state index >= 15 is 0 Å².